The first kappa shape index (κ1) is 15.8. The van der Waals surface area contributed by atoms with Crippen molar-refractivity contribution in [1.29, 1.82) is 0 Å². The zero-order chi connectivity index (χ0) is 15.5. The van der Waals surface area contributed by atoms with Gasteiger partial charge in [0.2, 0.25) is 5.91 Å². The molecule has 0 spiro atoms. The number of esters is 1. The van der Waals surface area contributed by atoms with E-state index in [0.717, 1.165) is 24.8 Å². The molecule has 1 fully saturated rings. The number of benzene rings is 1. The number of carbonyl (C=O) groups is 2. The van der Waals surface area contributed by atoms with Gasteiger partial charge in [0.25, 0.3) is 0 Å². The van der Waals surface area contributed by atoms with Gasteiger partial charge in [-0.3, -0.25) is 9.59 Å². The van der Waals surface area contributed by atoms with Crippen LogP contribution < -0.4 is 0 Å². The molecule has 2 rings (SSSR count). The topological polar surface area (TPSA) is 46.6 Å². The van der Waals surface area contributed by atoms with Gasteiger partial charge in [0.05, 0.1) is 12.0 Å². The molecule has 0 aliphatic heterocycles. The molecular formula is C16H20ClNO3. The summed E-state index contributed by atoms with van der Waals surface area (Å²) in [6, 6.07) is 7.43. The summed E-state index contributed by atoms with van der Waals surface area (Å²) in [5.74, 6) is -0.419. The maximum Gasteiger partial charge on any atom is 0.325 e. The van der Waals surface area contributed by atoms with E-state index in [4.69, 9.17) is 16.3 Å². The Bertz CT molecular complexity index is 540. The van der Waals surface area contributed by atoms with Crippen LogP contribution in [0.5, 0.6) is 0 Å². The minimum absolute atomic E-state index is 0.0189. The predicted molar refractivity (Wildman–Crippen MR) is 81.3 cm³/mol. The van der Waals surface area contributed by atoms with Gasteiger partial charge in [-0.05, 0) is 37.5 Å². The lowest BCUT2D eigenvalue weighted by Crippen LogP contribution is -2.51. The summed E-state index contributed by atoms with van der Waals surface area (Å²) in [5, 5.41) is 0.625. The number of likely N-dealkylation sites (N-methyl/N-ethyl adjacent to an activating group) is 1. The van der Waals surface area contributed by atoms with E-state index in [9.17, 15) is 9.59 Å². The average molecular weight is 310 g/mol. The lowest BCUT2D eigenvalue weighted by Gasteiger charge is -2.43. The van der Waals surface area contributed by atoms with Crippen LogP contribution in [-0.2, 0) is 19.7 Å². The molecule has 1 saturated carbocycles. The SMILES string of the molecule is CCOC(=O)CN(C)C(=O)C1(c2cccc(Cl)c2)CCC1. The van der Waals surface area contributed by atoms with E-state index < -0.39 is 5.41 Å². The van der Waals surface area contributed by atoms with Gasteiger partial charge in [-0.2, -0.15) is 0 Å². The van der Waals surface area contributed by atoms with Crippen molar-refractivity contribution in [2.24, 2.45) is 0 Å². The Morgan fingerprint density at radius 1 is 1.38 bits per heavy atom. The normalized spacial score (nSPS) is 16.0. The molecule has 0 atom stereocenters. The van der Waals surface area contributed by atoms with Crippen molar-refractivity contribution in [2.75, 3.05) is 20.2 Å². The largest absolute Gasteiger partial charge is 0.465 e. The zero-order valence-corrected chi connectivity index (χ0v) is 13.2. The van der Waals surface area contributed by atoms with Gasteiger partial charge >= 0.3 is 5.97 Å². The molecule has 1 aliphatic carbocycles. The molecule has 21 heavy (non-hydrogen) atoms. The third kappa shape index (κ3) is 3.21. The Morgan fingerprint density at radius 2 is 2.10 bits per heavy atom. The quantitative estimate of drug-likeness (QED) is 0.786. The molecule has 4 nitrogen and oxygen atoms in total. The van der Waals surface area contributed by atoms with Crippen molar-refractivity contribution >= 4 is 23.5 Å². The van der Waals surface area contributed by atoms with Crippen molar-refractivity contribution in [3.8, 4) is 0 Å². The van der Waals surface area contributed by atoms with E-state index >= 15 is 0 Å². The van der Waals surface area contributed by atoms with E-state index in [1.807, 2.05) is 18.2 Å². The number of carbonyl (C=O) groups excluding carboxylic acids is 2. The highest BCUT2D eigenvalue weighted by Gasteiger charge is 2.47. The highest BCUT2D eigenvalue weighted by atomic mass is 35.5. The van der Waals surface area contributed by atoms with Gasteiger partial charge < -0.3 is 9.64 Å². The van der Waals surface area contributed by atoms with Crippen LogP contribution in [0.15, 0.2) is 24.3 Å². The molecule has 1 amide bonds. The van der Waals surface area contributed by atoms with Gasteiger partial charge in [-0.1, -0.05) is 30.2 Å². The summed E-state index contributed by atoms with van der Waals surface area (Å²) < 4.78 is 4.90. The van der Waals surface area contributed by atoms with Crippen LogP contribution in [0.3, 0.4) is 0 Å². The van der Waals surface area contributed by atoms with E-state index in [1.165, 1.54) is 4.90 Å². The molecule has 0 heterocycles. The minimum Gasteiger partial charge on any atom is -0.465 e. The summed E-state index contributed by atoms with van der Waals surface area (Å²) in [6.45, 7) is 2.05. The molecule has 0 saturated heterocycles. The fourth-order valence-electron chi connectivity index (χ4n) is 2.78. The van der Waals surface area contributed by atoms with E-state index in [-0.39, 0.29) is 18.4 Å². The van der Waals surface area contributed by atoms with Crippen molar-refractivity contribution in [3.05, 3.63) is 34.9 Å². The van der Waals surface area contributed by atoms with Crippen LogP contribution >= 0.6 is 11.6 Å². The Balaban J connectivity index is 2.16. The zero-order valence-electron chi connectivity index (χ0n) is 12.4. The molecule has 114 valence electrons. The lowest BCUT2D eigenvalue weighted by molar-refractivity contribution is -0.151. The van der Waals surface area contributed by atoms with E-state index in [0.29, 0.717) is 11.6 Å². The summed E-state index contributed by atoms with van der Waals surface area (Å²) >= 11 is 6.04. The number of hydrogen-bond acceptors (Lipinski definition) is 3. The summed E-state index contributed by atoms with van der Waals surface area (Å²) in [4.78, 5) is 25.8. The minimum atomic E-state index is -0.536. The third-order valence-electron chi connectivity index (χ3n) is 4.01. The maximum absolute atomic E-state index is 12.8. The molecule has 1 aromatic rings. The average Bonchev–Trinajstić information content (AvgIpc) is 2.37. The lowest BCUT2D eigenvalue weighted by atomic mass is 9.63. The third-order valence-corrected chi connectivity index (χ3v) is 4.25. The molecule has 0 N–H and O–H groups in total. The molecule has 5 heteroatoms. The Kier molecular flexibility index (Phi) is 4.88. The fraction of sp³-hybridized carbons (Fsp3) is 0.500. The van der Waals surface area contributed by atoms with Gasteiger partial charge in [-0.15, -0.1) is 0 Å². The molecule has 0 aromatic heterocycles. The summed E-state index contributed by atoms with van der Waals surface area (Å²) in [5.41, 5.74) is 0.397. The van der Waals surface area contributed by atoms with Crippen LogP contribution in [0.25, 0.3) is 0 Å². The van der Waals surface area contributed by atoms with Crippen molar-refractivity contribution in [2.45, 2.75) is 31.6 Å². The number of nitrogens with zero attached hydrogens (tertiary/aromatic N) is 1. The monoisotopic (exact) mass is 309 g/mol. The Labute approximate surface area is 130 Å². The van der Waals surface area contributed by atoms with Gasteiger partial charge in [-0.25, -0.2) is 0 Å². The second kappa shape index (κ2) is 6.48. The smallest absolute Gasteiger partial charge is 0.325 e. The molecule has 1 aromatic carbocycles. The highest BCUT2D eigenvalue weighted by Crippen LogP contribution is 2.45. The fourth-order valence-corrected chi connectivity index (χ4v) is 2.97. The van der Waals surface area contributed by atoms with Crippen molar-refractivity contribution in [3.63, 3.8) is 0 Å². The van der Waals surface area contributed by atoms with Crippen molar-refractivity contribution < 1.29 is 14.3 Å². The molecule has 0 radical (unpaired) electrons. The Morgan fingerprint density at radius 3 is 2.62 bits per heavy atom. The second-order valence-electron chi connectivity index (χ2n) is 5.41. The van der Waals surface area contributed by atoms with Crippen LogP contribution in [0.4, 0.5) is 0 Å². The second-order valence-corrected chi connectivity index (χ2v) is 5.85. The number of ether oxygens (including phenoxy) is 1. The molecule has 0 bridgehead atoms. The summed E-state index contributed by atoms with van der Waals surface area (Å²) in [7, 11) is 1.64. The number of rotatable bonds is 5. The number of amides is 1. The number of hydrogen-bond donors (Lipinski definition) is 0. The first-order valence-corrected chi connectivity index (χ1v) is 7.54. The van der Waals surface area contributed by atoms with Gasteiger partial charge in [0.15, 0.2) is 0 Å². The maximum atomic E-state index is 12.8. The van der Waals surface area contributed by atoms with E-state index in [2.05, 4.69) is 0 Å². The Hall–Kier alpha value is -1.55. The van der Waals surface area contributed by atoms with Crippen LogP contribution in [0.1, 0.15) is 31.7 Å². The van der Waals surface area contributed by atoms with Crippen molar-refractivity contribution in [1.82, 2.24) is 4.90 Å². The molecule has 0 unspecified atom stereocenters. The highest BCUT2D eigenvalue weighted by molar-refractivity contribution is 6.30. The first-order valence-electron chi connectivity index (χ1n) is 7.17. The van der Waals surface area contributed by atoms with Gasteiger partial charge in [0.1, 0.15) is 6.54 Å². The van der Waals surface area contributed by atoms with Gasteiger partial charge in [0, 0.05) is 12.1 Å². The standard InChI is InChI=1S/C16H20ClNO3/c1-3-21-14(19)11-18(2)15(20)16(8-5-9-16)12-6-4-7-13(17)10-12/h4,6-7,10H,3,5,8-9,11H2,1-2H3. The van der Waals surface area contributed by atoms with Crippen LogP contribution in [0, 0.1) is 0 Å². The summed E-state index contributed by atoms with van der Waals surface area (Å²) in [6.07, 6.45) is 2.59. The predicted octanol–water partition coefficient (Wildman–Crippen LogP) is 2.78. The van der Waals surface area contributed by atoms with E-state index in [1.54, 1.807) is 20.0 Å². The molecular weight excluding hydrogens is 290 g/mol. The van der Waals surface area contributed by atoms with Crippen LogP contribution in [0.2, 0.25) is 5.02 Å². The van der Waals surface area contributed by atoms with Crippen LogP contribution in [-0.4, -0.2) is 37.0 Å². The first-order chi connectivity index (χ1) is 9.99. The number of halogens is 1. The molecule has 1 aliphatic rings.